The summed E-state index contributed by atoms with van der Waals surface area (Å²) in [6.07, 6.45) is 1.81. The highest BCUT2D eigenvalue weighted by Crippen LogP contribution is 2.23. The van der Waals surface area contributed by atoms with Gasteiger partial charge in [-0.1, -0.05) is 11.6 Å². The third kappa shape index (κ3) is 3.50. The Morgan fingerprint density at radius 3 is 2.88 bits per heavy atom. The van der Waals surface area contributed by atoms with E-state index < -0.39 is 0 Å². The van der Waals surface area contributed by atoms with Crippen molar-refractivity contribution in [2.24, 2.45) is 0 Å². The second kappa shape index (κ2) is 5.86. The van der Waals surface area contributed by atoms with Gasteiger partial charge in [0.1, 0.15) is 5.02 Å². The zero-order valence-corrected chi connectivity index (χ0v) is 10.4. The fourth-order valence-corrected chi connectivity index (χ4v) is 1.43. The highest BCUT2D eigenvalue weighted by Gasteiger charge is 2.11. The molecule has 0 spiro atoms. The maximum Gasteiger partial charge on any atom is 0.318 e. The lowest BCUT2D eigenvalue weighted by Crippen LogP contribution is -2.23. The maximum absolute atomic E-state index is 9.20. The van der Waals surface area contributed by atoms with Crippen molar-refractivity contribution < 1.29 is 9.84 Å². The Morgan fingerprint density at radius 1 is 1.62 bits per heavy atom. The second-order valence-electron chi connectivity index (χ2n) is 3.59. The molecular weight excluding hydrogens is 230 g/mol. The molecule has 5 nitrogen and oxygen atoms in total. The molecule has 1 N–H and O–H groups in total. The lowest BCUT2D eigenvalue weighted by Gasteiger charge is -2.19. The van der Waals surface area contributed by atoms with Crippen LogP contribution < -0.4 is 9.64 Å². The number of hydrogen-bond acceptors (Lipinski definition) is 5. The molecule has 1 atom stereocenters. The van der Waals surface area contributed by atoms with Crippen LogP contribution in [0.2, 0.25) is 5.02 Å². The summed E-state index contributed by atoms with van der Waals surface area (Å²) in [6.45, 7) is 2.41. The van der Waals surface area contributed by atoms with E-state index in [1.807, 2.05) is 11.9 Å². The van der Waals surface area contributed by atoms with Crippen LogP contribution in [0.5, 0.6) is 6.01 Å². The van der Waals surface area contributed by atoms with Crippen molar-refractivity contribution in [2.75, 3.05) is 25.6 Å². The number of methoxy groups -OCH3 is 1. The molecule has 0 fully saturated rings. The van der Waals surface area contributed by atoms with Gasteiger partial charge in [-0.2, -0.15) is 4.98 Å². The molecule has 0 radical (unpaired) electrons. The number of aliphatic hydroxyl groups is 1. The van der Waals surface area contributed by atoms with Gasteiger partial charge in [-0.15, -0.1) is 0 Å². The fraction of sp³-hybridized carbons (Fsp3) is 0.600. The fourth-order valence-electron chi connectivity index (χ4n) is 1.19. The lowest BCUT2D eigenvalue weighted by atomic mass is 10.3. The van der Waals surface area contributed by atoms with Crippen LogP contribution in [-0.2, 0) is 0 Å². The van der Waals surface area contributed by atoms with Gasteiger partial charge < -0.3 is 14.7 Å². The number of nitrogens with zero attached hydrogens (tertiary/aromatic N) is 3. The number of halogens is 1. The highest BCUT2D eigenvalue weighted by atomic mass is 35.5. The standard InChI is InChI=1S/C10H16ClN3O2/c1-7(15)4-5-14(2)9-8(11)6-12-10(13-9)16-3/h6-7,15H,4-5H2,1-3H3. The van der Waals surface area contributed by atoms with Crippen LogP contribution >= 0.6 is 11.6 Å². The normalized spacial score (nSPS) is 12.3. The third-order valence-corrected chi connectivity index (χ3v) is 2.40. The molecule has 0 aliphatic carbocycles. The number of aliphatic hydroxyl groups excluding tert-OH is 1. The average molecular weight is 246 g/mol. The van der Waals surface area contributed by atoms with E-state index in [-0.39, 0.29) is 12.1 Å². The van der Waals surface area contributed by atoms with Crippen molar-refractivity contribution in [3.8, 4) is 6.01 Å². The van der Waals surface area contributed by atoms with Crippen LogP contribution in [0.3, 0.4) is 0 Å². The molecule has 1 unspecified atom stereocenters. The number of aromatic nitrogens is 2. The first-order valence-corrected chi connectivity index (χ1v) is 5.38. The first kappa shape index (κ1) is 13.0. The highest BCUT2D eigenvalue weighted by molar-refractivity contribution is 6.32. The van der Waals surface area contributed by atoms with Gasteiger partial charge in [0.2, 0.25) is 0 Å². The Bertz CT molecular complexity index is 347. The molecule has 1 aromatic heterocycles. The van der Waals surface area contributed by atoms with E-state index in [0.717, 1.165) is 0 Å². The molecule has 1 rings (SSSR count). The Balaban J connectivity index is 2.76. The van der Waals surface area contributed by atoms with Gasteiger partial charge >= 0.3 is 6.01 Å². The van der Waals surface area contributed by atoms with Crippen LogP contribution in [0, 0.1) is 0 Å². The smallest absolute Gasteiger partial charge is 0.318 e. The largest absolute Gasteiger partial charge is 0.467 e. The van der Waals surface area contributed by atoms with Crippen LogP contribution in [0.4, 0.5) is 5.82 Å². The van der Waals surface area contributed by atoms with Crippen molar-refractivity contribution in [2.45, 2.75) is 19.4 Å². The van der Waals surface area contributed by atoms with Gasteiger partial charge in [0.15, 0.2) is 5.82 Å². The monoisotopic (exact) mass is 245 g/mol. The van der Waals surface area contributed by atoms with Crippen LogP contribution in [-0.4, -0.2) is 41.9 Å². The van der Waals surface area contributed by atoms with Crippen molar-refractivity contribution in [3.63, 3.8) is 0 Å². The van der Waals surface area contributed by atoms with Crippen LogP contribution in [0.25, 0.3) is 0 Å². The Labute approximate surface area is 100 Å². The molecule has 90 valence electrons. The van der Waals surface area contributed by atoms with Crippen molar-refractivity contribution in [1.82, 2.24) is 9.97 Å². The molecule has 0 saturated carbocycles. The number of anilines is 1. The summed E-state index contributed by atoms with van der Waals surface area (Å²) >= 11 is 5.98. The summed E-state index contributed by atoms with van der Waals surface area (Å²) in [4.78, 5) is 9.90. The second-order valence-corrected chi connectivity index (χ2v) is 3.99. The van der Waals surface area contributed by atoms with Crippen molar-refractivity contribution in [1.29, 1.82) is 0 Å². The zero-order valence-electron chi connectivity index (χ0n) is 9.64. The maximum atomic E-state index is 9.20. The van der Waals surface area contributed by atoms with E-state index in [1.165, 1.54) is 13.3 Å². The van der Waals surface area contributed by atoms with Gasteiger partial charge in [0, 0.05) is 13.6 Å². The SMILES string of the molecule is COc1ncc(Cl)c(N(C)CCC(C)O)n1. The van der Waals surface area contributed by atoms with E-state index >= 15 is 0 Å². The summed E-state index contributed by atoms with van der Waals surface area (Å²) in [7, 11) is 3.36. The summed E-state index contributed by atoms with van der Waals surface area (Å²) in [5.41, 5.74) is 0. The molecule has 0 bridgehead atoms. The molecule has 16 heavy (non-hydrogen) atoms. The van der Waals surface area contributed by atoms with Crippen molar-refractivity contribution in [3.05, 3.63) is 11.2 Å². The number of hydrogen-bond donors (Lipinski definition) is 1. The van der Waals surface area contributed by atoms with Crippen LogP contribution in [0.15, 0.2) is 6.20 Å². The molecule has 0 aromatic carbocycles. The summed E-state index contributed by atoms with van der Waals surface area (Å²) in [5.74, 6) is 0.606. The van der Waals surface area contributed by atoms with E-state index in [4.69, 9.17) is 16.3 Å². The minimum absolute atomic E-state index is 0.281. The number of ether oxygens (including phenoxy) is 1. The molecule has 0 amide bonds. The zero-order chi connectivity index (χ0) is 12.1. The average Bonchev–Trinajstić information content (AvgIpc) is 2.26. The molecular formula is C10H16ClN3O2. The minimum atomic E-state index is -0.343. The lowest BCUT2D eigenvalue weighted by molar-refractivity contribution is 0.187. The van der Waals surface area contributed by atoms with Gasteiger partial charge in [-0.25, -0.2) is 4.98 Å². The van der Waals surface area contributed by atoms with Crippen molar-refractivity contribution >= 4 is 17.4 Å². The first-order valence-electron chi connectivity index (χ1n) is 5.00. The summed E-state index contributed by atoms with van der Waals surface area (Å²) < 4.78 is 4.93. The first-order chi connectivity index (χ1) is 7.54. The van der Waals surface area contributed by atoms with E-state index in [2.05, 4.69) is 9.97 Å². The topological polar surface area (TPSA) is 58.5 Å². The summed E-state index contributed by atoms with van der Waals surface area (Å²) in [6, 6.07) is 0.281. The molecule has 0 aliphatic heterocycles. The van der Waals surface area contributed by atoms with E-state index in [0.29, 0.717) is 23.8 Å². The molecule has 0 saturated heterocycles. The summed E-state index contributed by atoms with van der Waals surface area (Å²) in [5, 5.41) is 9.67. The van der Waals surface area contributed by atoms with E-state index in [1.54, 1.807) is 6.92 Å². The minimum Gasteiger partial charge on any atom is -0.467 e. The Morgan fingerprint density at radius 2 is 2.31 bits per heavy atom. The van der Waals surface area contributed by atoms with Gasteiger partial charge in [0.25, 0.3) is 0 Å². The Hall–Kier alpha value is -1.07. The van der Waals surface area contributed by atoms with E-state index in [9.17, 15) is 5.11 Å². The Kier molecular flexibility index (Phi) is 4.76. The molecule has 6 heteroatoms. The molecule has 0 aliphatic rings. The molecule has 1 heterocycles. The quantitative estimate of drug-likeness (QED) is 0.849. The van der Waals surface area contributed by atoms with Crippen LogP contribution in [0.1, 0.15) is 13.3 Å². The van der Waals surface area contributed by atoms with Gasteiger partial charge in [-0.3, -0.25) is 0 Å². The van der Waals surface area contributed by atoms with Gasteiger partial charge in [0.05, 0.1) is 19.4 Å². The predicted octanol–water partition coefficient (Wildman–Crippen LogP) is 1.35. The molecule has 1 aromatic rings. The predicted molar refractivity (Wildman–Crippen MR) is 63.2 cm³/mol. The van der Waals surface area contributed by atoms with Gasteiger partial charge in [-0.05, 0) is 13.3 Å². The number of rotatable bonds is 5. The third-order valence-electron chi connectivity index (χ3n) is 2.13.